The number of rotatable bonds is 7. The molecule has 0 heterocycles. The molecule has 2 aromatic rings. The lowest BCUT2D eigenvalue weighted by Crippen LogP contribution is -2.58. The maximum Gasteiger partial charge on any atom is 0.244 e. The van der Waals surface area contributed by atoms with Crippen molar-refractivity contribution in [1.29, 1.82) is 0 Å². The highest BCUT2D eigenvalue weighted by Crippen LogP contribution is 2.28. The van der Waals surface area contributed by atoms with E-state index in [1.54, 1.807) is 6.08 Å². The van der Waals surface area contributed by atoms with E-state index in [0.717, 1.165) is 36.1 Å². The van der Waals surface area contributed by atoms with Crippen LogP contribution in [0.1, 0.15) is 43.2 Å². The fraction of sp³-hybridized carbons (Fsp3) is 0.304. The van der Waals surface area contributed by atoms with Crippen molar-refractivity contribution in [3.05, 3.63) is 71.8 Å². The van der Waals surface area contributed by atoms with Gasteiger partial charge in [-0.15, -0.1) is 0 Å². The molecule has 0 aliphatic heterocycles. The van der Waals surface area contributed by atoms with Gasteiger partial charge < -0.3 is 15.8 Å². The number of nitrogens with one attached hydrogen (secondary N) is 1. The summed E-state index contributed by atoms with van der Waals surface area (Å²) in [7, 11) is 0. The van der Waals surface area contributed by atoms with Gasteiger partial charge in [0.15, 0.2) is 0 Å². The normalized spacial score (nSPS) is 15.9. The zero-order chi connectivity index (χ0) is 19.8. The highest BCUT2D eigenvalue weighted by Gasteiger charge is 2.38. The molecule has 5 heteroatoms. The van der Waals surface area contributed by atoms with Gasteiger partial charge >= 0.3 is 0 Å². The summed E-state index contributed by atoms with van der Waals surface area (Å²) in [5.74, 6) is 0.0133. The fourth-order valence-electron chi connectivity index (χ4n) is 3.45. The van der Waals surface area contributed by atoms with E-state index < -0.39 is 11.4 Å². The van der Waals surface area contributed by atoms with Crippen molar-refractivity contribution in [2.45, 2.75) is 44.2 Å². The lowest BCUT2D eigenvalue weighted by Gasteiger charge is -2.34. The third-order valence-electron chi connectivity index (χ3n) is 5.10. The second kappa shape index (κ2) is 9.22. The van der Waals surface area contributed by atoms with Crippen molar-refractivity contribution < 1.29 is 14.3 Å². The van der Waals surface area contributed by atoms with Crippen LogP contribution in [0.15, 0.2) is 60.7 Å². The van der Waals surface area contributed by atoms with E-state index >= 15 is 0 Å². The molecule has 5 nitrogen and oxygen atoms in total. The molecule has 0 aromatic heterocycles. The first-order valence-electron chi connectivity index (χ1n) is 9.64. The minimum absolute atomic E-state index is 0.301. The monoisotopic (exact) mass is 378 g/mol. The number of primary amides is 1. The van der Waals surface area contributed by atoms with Gasteiger partial charge in [0, 0.05) is 6.08 Å². The minimum Gasteiger partial charge on any atom is -0.489 e. The number of carbonyl (C=O) groups is 2. The largest absolute Gasteiger partial charge is 0.489 e. The van der Waals surface area contributed by atoms with E-state index in [2.05, 4.69) is 5.32 Å². The van der Waals surface area contributed by atoms with Gasteiger partial charge in [-0.3, -0.25) is 9.59 Å². The molecule has 3 N–H and O–H groups in total. The van der Waals surface area contributed by atoms with Gasteiger partial charge in [0.2, 0.25) is 11.8 Å². The van der Waals surface area contributed by atoms with E-state index in [1.807, 2.05) is 54.6 Å². The molecule has 2 amide bonds. The van der Waals surface area contributed by atoms with Crippen molar-refractivity contribution in [3.8, 4) is 5.75 Å². The van der Waals surface area contributed by atoms with Gasteiger partial charge in [-0.1, -0.05) is 61.7 Å². The quantitative estimate of drug-likeness (QED) is 0.723. The van der Waals surface area contributed by atoms with Crippen LogP contribution >= 0.6 is 0 Å². The Bertz CT molecular complexity index is 823. The van der Waals surface area contributed by atoms with Crippen LogP contribution in [0.25, 0.3) is 6.08 Å². The third kappa shape index (κ3) is 5.22. The van der Waals surface area contributed by atoms with Crippen LogP contribution in [0.5, 0.6) is 5.75 Å². The topological polar surface area (TPSA) is 81.4 Å². The maximum absolute atomic E-state index is 12.3. The average Bonchev–Trinajstić information content (AvgIpc) is 2.73. The predicted molar refractivity (Wildman–Crippen MR) is 109 cm³/mol. The molecule has 146 valence electrons. The molecular formula is C23H26N2O3. The number of hydrogen-bond donors (Lipinski definition) is 2. The molecule has 0 unspecified atom stereocenters. The second-order valence-electron chi connectivity index (χ2n) is 7.17. The van der Waals surface area contributed by atoms with Gasteiger partial charge in [-0.05, 0) is 42.2 Å². The molecule has 0 saturated heterocycles. The van der Waals surface area contributed by atoms with Crippen molar-refractivity contribution in [2.75, 3.05) is 0 Å². The number of benzene rings is 2. The summed E-state index contributed by atoms with van der Waals surface area (Å²) in [5, 5.41) is 2.83. The molecule has 1 aliphatic rings. The minimum atomic E-state index is -0.908. The van der Waals surface area contributed by atoms with Crippen LogP contribution in [0.2, 0.25) is 0 Å². The molecule has 1 saturated carbocycles. The van der Waals surface area contributed by atoms with Crippen molar-refractivity contribution in [1.82, 2.24) is 5.32 Å². The average molecular weight is 378 g/mol. The molecule has 0 spiro atoms. The van der Waals surface area contributed by atoms with Crippen LogP contribution < -0.4 is 15.8 Å². The van der Waals surface area contributed by atoms with Gasteiger partial charge in [0.25, 0.3) is 0 Å². The molecule has 0 radical (unpaired) electrons. The van der Waals surface area contributed by atoms with Crippen molar-refractivity contribution >= 4 is 17.9 Å². The van der Waals surface area contributed by atoms with Crippen LogP contribution in [0.4, 0.5) is 0 Å². The molecule has 0 atom stereocenters. The molecule has 3 rings (SSSR count). The molecule has 2 aromatic carbocycles. The number of carbonyl (C=O) groups excluding carboxylic acids is 2. The number of amides is 2. The fourth-order valence-corrected chi connectivity index (χ4v) is 3.45. The zero-order valence-electron chi connectivity index (χ0n) is 15.9. The van der Waals surface area contributed by atoms with E-state index in [9.17, 15) is 9.59 Å². The Balaban J connectivity index is 1.54. The first-order valence-corrected chi connectivity index (χ1v) is 9.64. The smallest absolute Gasteiger partial charge is 0.244 e. The zero-order valence-corrected chi connectivity index (χ0v) is 15.9. The summed E-state index contributed by atoms with van der Waals surface area (Å²) >= 11 is 0. The van der Waals surface area contributed by atoms with Gasteiger partial charge in [0.1, 0.15) is 17.9 Å². The highest BCUT2D eigenvalue weighted by atomic mass is 16.5. The van der Waals surface area contributed by atoms with Gasteiger partial charge in [-0.25, -0.2) is 0 Å². The van der Waals surface area contributed by atoms with Gasteiger partial charge in [0.05, 0.1) is 0 Å². The van der Waals surface area contributed by atoms with E-state index in [-0.39, 0.29) is 5.91 Å². The molecule has 0 bridgehead atoms. The standard InChI is InChI=1S/C23H26N2O3/c24-22(27)23(15-5-2-6-16-23)25-21(26)14-11-18-9-12-20(13-10-18)28-17-19-7-3-1-4-8-19/h1,3-4,7-14H,2,5-6,15-17H2,(H2,24,27)(H,25,26)/b14-11+. The molecule has 1 fully saturated rings. The van der Waals surface area contributed by atoms with E-state index in [1.165, 1.54) is 6.08 Å². The van der Waals surface area contributed by atoms with Crippen LogP contribution in [0.3, 0.4) is 0 Å². The summed E-state index contributed by atoms with van der Waals surface area (Å²) in [5.41, 5.74) is 6.63. The first kappa shape index (κ1) is 19.7. The SMILES string of the molecule is NC(=O)C1(NC(=O)/C=C/c2ccc(OCc3ccccc3)cc2)CCCCC1. The predicted octanol–water partition coefficient (Wildman–Crippen LogP) is 3.58. The van der Waals surface area contributed by atoms with E-state index in [0.29, 0.717) is 19.4 Å². The molecular weight excluding hydrogens is 352 g/mol. The van der Waals surface area contributed by atoms with Crippen LogP contribution in [0, 0.1) is 0 Å². The Morgan fingerprint density at radius 1 is 1.00 bits per heavy atom. The van der Waals surface area contributed by atoms with Crippen molar-refractivity contribution in [3.63, 3.8) is 0 Å². The summed E-state index contributed by atoms with van der Waals surface area (Å²) in [6.45, 7) is 0.508. The van der Waals surface area contributed by atoms with Crippen LogP contribution in [-0.2, 0) is 16.2 Å². The lowest BCUT2D eigenvalue weighted by atomic mass is 9.81. The molecule has 1 aliphatic carbocycles. The summed E-state index contributed by atoms with van der Waals surface area (Å²) in [6.07, 6.45) is 7.24. The highest BCUT2D eigenvalue weighted by molar-refractivity contribution is 5.97. The Morgan fingerprint density at radius 3 is 2.32 bits per heavy atom. The Hall–Kier alpha value is -3.08. The Kier molecular flexibility index (Phi) is 6.48. The summed E-state index contributed by atoms with van der Waals surface area (Å²) in [4.78, 5) is 24.1. The lowest BCUT2D eigenvalue weighted by molar-refractivity contribution is -0.130. The summed E-state index contributed by atoms with van der Waals surface area (Å²) < 4.78 is 5.76. The maximum atomic E-state index is 12.3. The Labute approximate surface area is 165 Å². The second-order valence-corrected chi connectivity index (χ2v) is 7.17. The Morgan fingerprint density at radius 2 is 1.68 bits per heavy atom. The third-order valence-corrected chi connectivity index (χ3v) is 5.10. The first-order chi connectivity index (χ1) is 13.6. The molecule has 28 heavy (non-hydrogen) atoms. The van der Waals surface area contributed by atoms with Crippen LogP contribution in [-0.4, -0.2) is 17.4 Å². The van der Waals surface area contributed by atoms with Gasteiger partial charge in [-0.2, -0.15) is 0 Å². The van der Waals surface area contributed by atoms with E-state index in [4.69, 9.17) is 10.5 Å². The number of hydrogen-bond acceptors (Lipinski definition) is 3. The van der Waals surface area contributed by atoms with Crippen molar-refractivity contribution in [2.24, 2.45) is 5.73 Å². The summed E-state index contributed by atoms with van der Waals surface area (Å²) in [6, 6.07) is 17.5. The number of ether oxygens (including phenoxy) is 1. The number of nitrogens with two attached hydrogens (primary N) is 1.